The molecule has 21 nitrogen and oxygen atoms in total. The van der Waals surface area contributed by atoms with Gasteiger partial charge in [-0.15, -0.1) is 6.58 Å². The van der Waals surface area contributed by atoms with Crippen molar-refractivity contribution in [3.05, 3.63) is 36.3 Å². The molecule has 0 spiro atoms. The molecule has 6 rings (SSSR count). The molecule has 0 aromatic rings. The molecule has 0 amide bonds. The highest BCUT2D eigenvalue weighted by Crippen LogP contribution is 2.49. The molecule has 4 fully saturated rings. The Balaban J connectivity index is 1.23. The van der Waals surface area contributed by atoms with Crippen LogP contribution in [0.5, 0.6) is 0 Å². The molecule has 5 aliphatic heterocycles. The summed E-state index contributed by atoms with van der Waals surface area (Å²) in [6.45, 7) is 4.12. The van der Waals surface area contributed by atoms with Crippen LogP contribution < -0.4 is 0 Å². The van der Waals surface area contributed by atoms with Gasteiger partial charge in [0.1, 0.15) is 61.0 Å². The summed E-state index contributed by atoms with van der Waals surface area (Å²) in [4.78, 5) is 27.1. The van der Waals surface area contributed by atoms with E-state index >= 15 is 0 Å². The summed E-state index contributed by atoms with van der Waals surface area (Å²) in [6, 6.07) is 0. The lowest BCUT2D eigenvalue weighted by molar-refractivity contribution is -0.342. The van der Waals surface area contributed by atoms with E-state index in [0.29, 0.717) is 0 Å². The van der Waals surface area contributed by atoms with E-state index in [1.807, 2.05) is 0 Å². The number of hydrogen-bond acceptors (Lipinski definition) is 21. The second kappa shape index (κ2) is 18.6. The minimum absolute atomic E-state index is 0.00815. The Bertz CT molecular complexity index is 1460. The second-order valence-electron chi connectivity index (χ2n) is 14.9. The molecule has 1 saturated carbocycles. The van der Waals surface area contributed by atoms with E-state index in [2.05, 4.69) is 6.58 Å². The molecule has 3 saturated heterocycles. The van der Waals surface area contributed by atoms with Gasteiger partial charge in [-0.25, -0.2) is 9.59 Å². The number of carbonyl (C=O) groups excluding carboxylic acids is 2. The fraction of sp³-hybridized carbons (Fsp3) is 0.778. The number of ether oxygens (including phenoxy) is 10. The van der Waals surface area contributed by atoms with Crippen molar-refractivity contribution in [3.8, 4) is 0 Å². The van der Waals surface area contributed by atoms with Crippen molar-refractivity contribution < 1.29 is 103 Å². The van der Waals surface area contributed by atoms with E-state index in [0.717, 1.165) is 12.5 Å². The lowest BCUT2D eigenvalue weighted by Gasteiger charge is -2.43. The van der Waals surface area contributed by atoms with E-state index in [1.165, 1.54) is 13.2 Å². The van der Waals surface area contributed by atoms with Gasteiger partial charge in [0.05, 0.1) is 57.2 Å². The molecule has 1 aliphatic carbocycles. The van der Waals surface area contributed by atoms with Gasteiger partial charge in [0.2, 0.25) is 12.6 Å². The molecule has 5 heterocycles. The Morgan fingerprint density at radius 1 is 0.772 bits per heavy atom. The van der Waals surface area contributed by atoms with Crippen LogP contribution >= 0.6 is 0 Å². The van der Waals surface area contributed by atoms with Crippen LogP contribution in [0.25, 0.3) is 0 Å². The second-order valence-corrected chi connectivity index (χ2v) is 14.9. The van der Waals surface area contributed by atoms with Gasteiger partial charge in [-0.05, 0) is 6.42 Å². The smallest absolute Gasteiger partial charge is 0.337 e. The number of methoxy groups -OCH3 is 1. The van der Waals surface area contributed by atoms with Gasteiger partial charge in [0.25, 0.3) is 0 Å². The van der Waals surface area contributed by atoms with Crippen LogP contribution in [0.1, 0.15) is 19.8 Å². The molecular formula is C36H52O21. The number of aliphatic hydroxyl groups excluding tert-OH is 9. The van der Waals surface area contributed by atoms with Gasteiger partial charge in [-0.2, -0.15) is 0 Å². The lowest BCUT2D eigenvalue weighted by atomic mass is 9.81. The first kappa shape index (κ1) is 43.7. The Kier molecular flexibility index (Phi) is 14.3. The number of hydrogen-bond donors (Lipinski definition) is 9. The predicted octanol–water partition coefficient (Wildman–Crippen LogP) is -4.00. The largest absolute Gasteiger partial charge is 0.472 e. The summed E-state index contributed by atoms with van der Waals surface area (Å²) in [5.74, 6) is -5.32. The van der Waals surface area contributed by atoms with Crippen LogP contribution in [0.4, 0.5) is 0 Å². The molecule has 57 heavy (non-hydrogen) atoms. The van der Waals surface area contributed by atoms with Crippen molar-refractivity contribution in [1.29, 1.82) is 0 Å². The molecule has 0 bridgehead atoms. The zero-order chi connectivity index (χ0) is 41.3. The Hall–Kier alpha value is -2.84. The lowest BCUT2D eigenvalue weighted by Crippen LogP contribution is -2.60. The van der Waals surface area contributed by atoms with Crippen LogP contribution in [-0.2, 0) is 57.0 Å². The summed E-state index contributed by atoms with van der Waals surface area (Å²) in [5, 5.41) is 91.6. The molecule has 18 atom stereocenters. The van der Waals surface area contributed by atoms with Gasteiger partial charge >= 0.3 is 11.9 Å². The van der Waals surface area contributed by atoms with Crippen molar-refractivity contribution in [2.45, 2.75) is 112 Å². The maximum atomic E-state index is 14.2. The van der Waals surface area contributed by atoms with E-state index < -0.39 is 147 Å². The standard InChI is InChI=1S/C36H52O21/c1-4-15-16(6-23-49-9-14(39)10-50-23)18(11-51-33(15)56-35-29(44)27(42)25(40)21(7-37)54-35)32(47)53-20-5-17-19(31(46)48-3)12-52-34(24(17)13(20)2)57-36-30(45)28(43)26(41)22(8-38)55-36/h4,11-17,20-30,33-45H,1,5-10H2,2-3H3/t13-,14?,15+,16-,17+,20-,21+,22+,23?,24+,25+,26+,27-,28-,29+,30+,33-,34-,35-,36-/m0/s1. The molecule has 0 aromatic heterocycles. The van der Waals surface area contributed by atoms with Gasteiger partial charge in [-0.3, -0.25) is 0 Å². The van der Waals surface area contributed by atoms with Crippen LogP contribution in [0, 0.1) is 29.6 Å². The Morgan fingerprint density at radius 2 is 1.32 bits per heavy atom. The van der Waals surface area contributed by atoms with E-state index in [9.17, 15) is 55.5 Å². The van der Waals surface area contributed by atoms with Crippen LogP contribution in [-0.4, -0.2) is 184 Å². The Labute approximate surface area is 326 Å². The molecular weight excluding hydrogens is 768 g/mol. The monoisotopic (exact) mass is 820 g/mol. The number of carbonyl (C=O) groups is 2. The fourth-order valence-corrected chi connectivity index (χ4v) is 8.23. The molecule has 21 heteroatoms. The molecule has 0 radical (unpaired) electrons. The van der Waals surface area contributed by atoms with Crippen LogP contribution in [0.2, 0.25) is 0 Å². The SMILES string of the molecule is C=C[C@H]1[C@H](O[C@@H]2O[C@H](CO)[C@@H](O)[C@H](O)[C@H]2O)OC=C(C(=O)O[C@H]2C[C@@H]3C(C(=O)OC)=CO[C@@H](O[C@@H]4O[C@H](CO)[C@@H](O)[C@H](O)[C@H]4O)[C@@H]3[C@H]2C)[C@H]1CC1OCC(O)CO1. The van der Waals surface area contributed by atoms with E-state index in [4.69, 9.17) is 47.4 Å². The maximum Gasteiger partial charge on any atom is 0.337 e. The molecule has 6 aliphatic rings. The normalized spacial score (nSPS) is 46.0. The zero-order valence-corrected chi connectivity index (χ0v) is 31.2. The number of fused-ring (bicyclic) bond motifs is 1. The topological polar surface area (TPSA) is 309 Å². The summed E-state index contributed by atoms with van der Waals surface area (Å²) in [7, 11) is 1.19. The van der Waals surface area contributed by atoms with Crippen molar-refractivity contribution >= 4 is 11.9 Å². The average Bonchev–Trinajstić information content (AvgIpc) is 3.53. The van der Waals surface area contributed by atoms with Gasteiger partial charge in [0.15, 0.2) is 18.9 Å². The van der Waals surface area contributed by atoms with Gasteiger partial charge in [0, 0.05) is 36.0 Å². The third-order valence-electron chi connectivity index (χ3n) is 11.5. The van der Waals surface area contributed by atoms with Crippen molar-refractivity contribution in [2.75, 3.05) is 33.5 Å². The maximum absolute atomic E-state index is 14.2. The molecule has 0 unspecified atom stereocenters. The summed E-state index contributed by atoms with van der Waals surface area (Å²) < 4.78 is 57.0. The molecule has 0 aromatic carbocycles. The van der Waals surface area contributed by atoms with Crippen molar-refractivity contribution in [2.24, 2.45) is 29.6 Å². The average molecular weight is 821 g/mol. The molecule has 9 N–H and O–H groups in total. The first-order valence-electron chi connectivity index (χ1n) is 18.7. The predicted molar refractivity (Wildman–Crippen MR) is 182 cm³/mol. The quantitative estimate of drug-likeness (QED) is 0.0669. The number of rotatable bonds is 12. The van der Waals surface area contributed by atoms with Gasteiger partial charge in [-0.1, -0.05) is 13.0 Å². The first-order valence-corrected chi connectivity index (χ1v) is 18.7. The fourth-order valence-electron chi connectivity index (χ4n) is 8.23. The minimum Gasteiger partial charge on any atom is -0.472 e. The van der Waals surface area contributed by atoms with Gasteiger partial charge < -0.3 is 93.3 Å². The summed E-state index contributed by atoms with van der Waals surface area (Å²) in [6.07, 6.45) is -17.4. The summed E-state index contributed by atoms with van der Waals surface area (Å²) in [5.41, 5.74) is 0.108. The highest BCUT2D eigenvalue weighted by atomic mass is 16.8. The first-order chi connectivity index (χ1) is 27.2. The summed E-state index contributed by atoms with van der Waals surface area (Å²) >= 11 is 0. The van der Waals surface area contributed by atoms with Crippen molar-refractivity contribution in [1.82, 2.24) is 0 Å². The minimum atomic E-state index is -1.76. The third-order valence-corrected chi connectivity index (χ3v) is 11.5. The van der Waals surface area contributed by atoms with Crippen LogP contribution in [0.3, 0.4) is 0 Å². The highest BCUT2D eigenvalue weighted by Gasteiger charge is 2.56. The molecule has 322 valence electrons. The van der Waals surface area contributed by atoms with Crippen molar-refractivity contribution in [3.63, 3.8) is 0 Å². The zero-order valence-electron chi connectivity index (χ0n) is 31.2. The number of aliphatic hydroxyl groups is 9. The number of esters is 2. The van der Waals surface area contributed by atoms with E-state index in [1.54, 1.807) is 6.92 Å². The highest BCUT2D eigenvalue weighted by molar-refractivity contribution is 5.90. The van der Waals surface area contributed by atoms with Crippen LogP contribution in [0.15, 0.2) is 36.3 Å². The Morgan fingerprint density at radius 3 is 1.86 bits per heavy atom. The third kappa shape index (κ3) is 8.88. The van der Waals surface area contributed by atoms with E-state index in [-0.39, 0.29) is 37.2 Å².